The number of para-hydroxylation sites is 1. The first kappa shape index (κ1) is 24.0. The molecule has 0 atom stereocenters. The van der Waals surface area contributed by atoms with E-state index in [-0.39, 0.29) is 5.41 Å². The van der Waals surface area contributed by atoms with Gasteiger partial charge in [-0.25, -0.2) is 0 Å². The Labute approximate surface area is 242 Å². The minimum Gasteiger partial charge on any atom is -0.355 e. The fraction of sp³-hybridized carbons (Fsp3) is 0.100. The Bertz CT molecular complexity index is 1900. The van der Waals surface area contributed by atoms with E-state index in [0.29, 0.717) is 0 Å². The summed E-state index contributed by atoms with van der Waals surface area (Å²) in [6, 6.07) is 53.4. The molecule has 2 aliphatic carbocycles. The van der Waals surface area contributed by atoms with Crippen LogP contribution in [0.1, 0.15) is 47.2 Å². The van der Waals surface area contributed by atoms with Crippen LogP contribution in [0, 0.1) is 0 Å². The van der Waals surface area contributed by atoms with Gasteiger partial charge in [-0.2, -0.15) is 0 Å². The summed E-state index contributed by atoms with van der Waals surface area (Å²) in [6.45, 7) is 4.68. The molecule has 0 aromatic heterocycles. The normalized spacial score (nSPS) is 15.0. The third-order valence-electron chi connectivity index (χ3n) is 9.37. The summed E-state index contributed by atoms with van der Waals surface area (Å²) in [7, 11) is 0. The summed E-state index contributed by atoms with van der Waals surface area (Å²) in [5.74, 6) is 0. The number of hydrogen-bond acceptors (Lipinski definition) is 1. The van der Waals surface area contributed by atoms with Crippen LogP contribution in [0.15, 0.2) is 146 Å². The van der Waals surface area contributed by atoms with Crippen molar-refractivity contribution < 1.29 is 0 Å². The van der Waals surface area contributed by atoms with Crippen molar-refractivity contribution in [1.82, 2.24) is 0 Å². The molecule has 0 fully saturated rings. The van der Waals surface area contributed by atoms with Crippen LogP contribution < -0.4 is 5.32 Å². The molecule has 0 spiro atoms. The molecule has 0 unspecified atom stereocenters. The molecule has 2 aliphatic rings. The molecule has 6 aromatic rings. The minimum atomic E-state index is -0.451. The Hall–Kier alpha value is -4.88. The second-order valence-corrected chi connectivity index (χ2v) is 11.8. The van der Waals surface area contributed by atoms with E-state index in [1.54, 1.807) is 0 Å². The van der Waals surface area contributed by atoms with Crippen LogP contribution in [0.25, 0.3) is 22.3 Å². The number of hydrogen-bond donors (Lipinski definition) is 1. The zero-order chi connectivity index (χ0) is 27.6. The van der Waals surface area contributed by atoms with Gasteiger partial charge in [-0.15, -0.1) is 0 Å². The van der Waals surface area contributed by atoms with Gasteiger partial charge in [-0.05, 0) is 62.2 Å². The van der Waals surface area contributed by atoms with Gasteiger partial charge in [-0.1, -0.05) is 147 Å². The highest BCUT2D eigenvalue weighted by atomic mass is 14.9. The van der Waals surface area contributed by atoms with Crippen molar-refractivity contribution in [3.05, 3.63) is 179 Å². The van der Waals surface area contributed by atoms with E-state index in [0.717, 1.165) is 11.4 Å². The van der Waals surface area contributed by atoms with E-state index in [1.807, 2.05) is 0 Å². The first-order chi connectivity index (χ1) is 20.1. The smallest absolute Gasteiger partial charge is 0.0733 e. The summed E-state index contributed by atoms with van der Waals surface area (Å²) in [5.41, 5.74) is 15.0. The molecule has 1 nitrogen and oxygen atoms in total. The topological polar surface area (TPSA) is 12.0 Å². The Morgan fingerprint density at radius 1 is 0.390 bits per heavy atom. The summed E-state index contributed by atoms with van der Waals surface area (Å²) in [5, 5.41) is 3.98. The van der Waals surface area contributed by atoms with Crippen molar-refractivity contribution in [1.29, 1.82) is 0 Å². The molecule has 41 heavy (non-hydrogen) atoms. The van der Waals surface area contributed by atoms with Crippen molar-refractivity contribution >= 4 is 11.4 Å². The molecule has 196 valence electrons. The largest absolute Gasteiger partial charge is 0.355 e. The Morgan fingerprint density at radius 2 is 0.878 bits per heavy atom. The molecule has 0 radical (unpaired) electrons. The lowest BCUT2D eigenvalue weighted by atomic mass is 9.67. The molecular formula is C40H31N. The molecule has 0 amide bonds. The van der Waals surface area contributed by atoms with Crippen LogP contribution in [0.2, 0.25) is 0 Å². The SMILES string of the molecule is CC1(C)c2ccccc2-c2c(Nc3ccccc3C3(c4ccccc4)c4ccccc4-c4ccccc43)cccc21. The van der Waals surface area contributed by atoms with Crippen LogP contribution in [0.3, 0.4) is 0 Å². The zero-order valence-electron chi connectivity index (χ0n) is 23.4. The molecule has 1 heteroatoms. The number of rotatable bonds is 4. The van der Waals surface area contributed by atoms with Crippen LogP contribution in [0.5, 0.6) is 0 Å². The standard InChI is InChI=1S/C40H31N/c1-39(2)31-20-9-8-19-30(31)38-35(39)24-14-26-37(38)41-36-25-13-12-23-34(36)40(27-15-4-3-5-16-27)32-21-10-6-17-28(32)29-18-7-11-22-33(29)40/h3-26,41H,1-2H3. The van der Waals surface area contributed by atoms with Gasteiger partial charge in [0.15, 0.2) is 0 Å². The lowest BCUT2D eigenvalue weighted by Gasteiger charge is -2.35. The van der Waals surface area contributed by atoms with E-state index in [4.69, 9.17) is 0 Å². The second kappa shape index (κ2) is 8.81. The van der Waals surface area contributed by atoms with Gasteiger partial charge >= 0.3 is 0 Å². The summed E-state index contributed by atoms with van der Waals surface area (Å²) in [4.78, 5) is 0. The zero-order valence-corrected chi connectivity index (χ0v) is 23.4. The molecular weight excluding hydrogens is 494 g/mol. The van der Waals surface area contributed by atoms with E-state index in [2.05, 4.69) is 165 Å². The van der Waals surface area contributed by atoms with Gasteiger partial charge in [0.2, 0.25) is 0 Å². The van der Waals surface area contributed by atoms with Crippen molar-refractivity contribution in [2.75, 3.05) is 5.32 Å². The van der Waals surface area contributed by atoms with Crippen molar-refractivity contribution in [3.8, 4) is 22.3 Å². The first-order valence-electron chi connectivity index (χ1n) is 14.5. The fourth-order valence-electron chi connectivity index (χ4n) is 7.60. The average Bonchev–Trinajstić information content (AvgIpc) is 3.45. The monoisotopic (exact) mass is 525 g/mol. The van der Waals surface area contributed by atoms with Crippen molar-refractivity contribution in [2.45, 2.75) is 24.7 Å². The van der Waals surface area contributed by atoms with Crippen LogP contribution in [-0.2, 0) is 10.8 Å². The van der Waals surface area contributed by atoms with E-state index >= 15 is 0 Å². The second-order valence-electron chi connectivity index (χ2n) is 11.8. The maximum absolute atomic E-state index is 3.98. The predicted octanol–water partition coefficient (Wildman–Crippen LogP) is 10.1. The lowest BCUT2D eigenvalue weighted by molar-refractivity contribution is 0.660. The van der Waals surface area contributed by atoms with Gasteiger partial charge < -0.3 is 5.32 Å². The molecule has 0 heterocycles. The molecule has 1 N–H and O–H groups in total. The third kappa shape index (κ3) is 3.24. The van der Waals surface area contributed by atoms with Crippen LogP contribution in [-0.4, -0.2) is 0 Å². The van der Waals surface area contributed by atoms with E-state index in [9.17, 15) is 0 Å². The average molecular weight is 526 g/mol. The number of fused-ring (bicyclic) bond motifs is 6. The number of nitrogens with one attached hydrogen (secondary N) is 1. The van der Waals surface area contributed by atoms with Crippen molar-refractivity contribution in [2.24, 2.45) is 0 Å². The van der Waals surface area contributed by atoms with Crippen LogP contribution in [0.4, 0.5) is 11.4 Å². The fourth-order valence-corrected chi connectivity index (χ4v) is 7.60. The molecule has 6 aromatic carbocycles. The van der Waals surface area contributed by atoms with Gasteiger partial charge in [0, 0.05) is 22.4 Å². The maximum Gasteiger partial charge on any atom is 0.0733 e. The summed E-state index contributed by atoms with van der Waals surface area (Å²) >= 11 is 0. The highest BCUT2D eigenvalue weighted by Gasteiger charge is 2.47. The molecule has 0 saturated carbocycles. The lowest BCUT2D eigenvalue weighted by Crippen LogP contribution is -2.29. The quantitative estimate of drug-likeness (QED) is 0.241. The van der Waals surface area contributed by atoms with Gasteiger partial charge in [0.25, 0.3) is 0 Å². The van der Waals surface area contributed by atoms with Gasteiger partial charge in [-0.3, -0.25) is 0 Å². The van der Waals surface area contributed by atoms with E-state index < -0.39 is 5.41 Å². The summed E-state index contributed by atoms with van der Waals surface area (Å²) in [6.07, 6.45) is 0. The van der Waals surface area contributed by atoms with Crippen molar-refractivity contribution in [3.63, 3.8) is 0 Å². The minimum absolute atomic E-state index is 0.0439. The highest BCUT2D eigenvalue weighted by molar-refractivity contribution is 5.93. The molecule has 0 bridgehead atoms. The van der Waals surface area contributed by atoms with Gasteiger partial charge in [0.1, 0.15) is 0 Å². The summed E-state index contributed by atoms with van der Waals surface area (Å²) < 4.78 is 0. The van der Waals surface area contributed by atoms with E-state index in [1.165, 1.54) is 55.6 Å². The molecule has 0 saturated heterocycles. The first-order valence-corrected chi connectivity index (χ1v) is 14.5. The Kier molecular flexibility index (Phi) is 5.15. The Morgan fingerprint density at radius 3 is 1.56 bits per heavy atom. The molecule has 8 rings (SSSR count). The predicted molar refractivity (Wildman–Crippen MR) is 171 cm³/mol. The number of anilines is 2. The highest BCUT2D eigenvalue weighted by Crippen LogP contribution is 2.58. The van der Waals surface area contributed by atoms with Crippen LogP contribution >= 0.6 is 0 Å². The third-order valence-corrected chi connectivity index (χ3v) is 9.37. The number of benzene rings is 6. The Balaban J connectivity index is 1.40. The maximum atomic E-state index is 3.98. The molecule has 0 aliphatic heterocycles. The van der Waals surface area contributed by atoms with Gasteiger partial charge in [0.05, 0.1) is 5.41 Å².